The number of nitrogens with one attached hydrogen (secondary N) is 2. The number of carbonyl (C=O) groups is 1. The van der Waals surface area contributed by atoms with Gasteiger partial charge in [0.05, 0.1) is 0 Å². The summed E-state index contributed by atoms with van der Waals surface area (Å²) in [5.74, 6) is 0.369. The first-order chi connectivity index (χ1) is 19.5. The number of para-hydroxylation sites is 1. The van der Waals surface area contributed by atoms with Gasteiger partial charge in [-0.1, -0.05) is 48.5 Å². The van der Waals surface area contributed by atoms with Gasteiger partial charge in [-0.15, -0.1) is 0 Å². The number of aromatic nitrogens is 1. The first-order valence-corrected chi connectivity index (χ1v) is 13.9. The van der Waals surface area contributed by atoms with Gasteiger partial charge in [-0.25, -0.2) is 5.48 Å². The third kappa shape index (κ3) is 6.80. The van der Waals surface area contributed by atoms with E-state index in [0.29, 0.717) is 12.6 Å². The minimum Gasteiger partial charge on any atom is -0.492 e. The van der Waals surface area contributed by atoms with Crippen LogP contribution in [-0.4, -0.2) is 59.7 Å². The molecular weight excluding hydrogens is 500 g/mol. The Bertz CT molecular complexity index is 1460. The Morgan fingerprint density at radius 3 is 2.73 bits per heavy atom. The largest absolute Gasteiger partial charge is 0.492 e. The maximum absolute atomic E-state index is 11.4. The number of likely N-dealkylation sites (N-methyl/N-ethyl adjacent to an activating group) is 1. The van der Waals surface area contributed by atoms with E-state index in [2.05, 4.69) is 87.7 Å². The van der Waals surface area contributed by atoms with Gasteiger partial charge in [0.2, 0.25) is 0 Å². The summed E-state index contributed by atoms with van der Waals surface area (Å²) in [6.45, 7) is 3.34. The topological polar surface area (TPSA) is 80.8 Å². The van der Waals surface area contributed by atoms with Gasteiger partial charge in [0.15, 0.2) is 0 Å². The number of ether oxygens (including phenoxy) is 1. The van der Waals surface area contributed by atoms with E-state index in [4.69, 9.17) is 9.94 Å². The Morgan fingerprint density at radius 2 is 1.93 bits per heavy atom. The smallest absolute Gasteiger partial charge is 0.267 e. The molecule has 208 valence electrons. The quantitative estimate of drug-likeness (QED) is 0.129. The van der Waals surface area contributed by atoms with Crippen LogP contribution < -0.4 is 10.2 Å². The molecule has 1 atom stereocenters. The van der Waals surface area contributed by atoms with Crippen LogP contribution in [0.4, 0.5) is 0 Å². The number of hydrogen-bond acceptors (Lipinski definition) is 5. The van der Waals surface area contributed by atoms with Crippen molar-refractivity contribution in [2.75, 3.05) is 33.8 Å². The zero-order valence-corrected chi connectivity index (χ0v) is 23.3. The number of aromatic amines is 1. The summed E-state index contributed by atoms with van der Waals surface area (Å²) in [5, 5.41) is 10.1. The number of hydroxylamine groups is 1. The summed E-state index contributed by atoms with van der Waals surface area (Å²) in [6, 6.07) is 23.7. The fourth-order valence-electron chi connectivity index (χ4n) is 5.53. The third-order valence-electron chi connectivity index (χ3n) is 7.65. The average Bonchev–Trinajstić information content (AvgIpc) is 3.58. The molecule has 1 aliphatic rings. The molecular formula is C33H38N4O3. The standard InChI is InChI=1S/C33H38N4O3/c1-36(2)19-20-40-28-12-7-25(8-13-28)23-37(18-17-27-22-34-31-6-4-3-5-29(27)31)32-15-11-26-21-24(9-14-30(26)32)10-16-33(38)35-39/h3-10,12-14,16,21-22,32,34,39H,11,15,17-20,23H2,1-2H3,(H,35,38). The highest BCUT2D eigenvalue weighted by Crippen LogP contribution is 2.37. The number of amides is 1. The Kier molecular flexibility index (Phi) is 8.96. The lowest BCUT2D eigenvalue weighted by Crippen LogP contribution is -2.29. The van der Waals surface area contributed by atoms with Crippen molar-refractivity contribution < 1.29 is 14.7 Å². The molecule has 3 N–H and O–H groups in total. The highest BCUT2D eigenvalue weighted by molar-refractivity contribution is 5.90. The second-order valence-corrected chi connectivity index (χ2v) is 10.7. The zero-order valence-electron chi connectivity index (χ0n) is 23.3. The Hall–Kier alpha value is -3.91. The number of hydrogen-bond donors (Lipinski definition) is 3. The summed E-state index contributed by atoms with van der Waals surface area (Å²) >= 11 is 0. The van der Waals surface area contributed by atoms with Crippen molar-refractivity contribution in [3.63, 3.8) is 0 Å². The third-order valence-corrected chi connectivity index (χ3v) is 7.65. The lowest BCUT2D eigenvalue weighted by molar-refractivity contribution is -0.124. The van der Waals surface area contributed by atoms with E-state index in [-0.39, 0.29) is 0 Å². The molecule has 3 aromatic carbocycles. The van der Waals surface area contributed by atoms with Crippen molar-refractivity contribution in [2.24, 2.45) is 0 Å². The van der Waals surface area contributed by atoms with E-state index in [1.807, 2.05) is 14.1 Å². The number of aryl methyl sites for hydroxylation is 1. The maximum atomic E-state index is 11.4. The van der Waals surface area contributed by atoms with Gasteiger partial charge in [0, 0.05) is 48.9 Å². The van der Waals surface area contributed by atoms with E-state index in [1.165, 1.54) is 39.2 Å². The molecule has 1 unspecified atom stereocenters. The van der Waals surface area contributed by atoms with Crippen LogP contribution in [0.5, 0.6) is 5.75 Å². The first kappa shape index (κ1) is 27.6. The van der Waals surface area contributed by atoms with Gasteiger partial charge < -0.3 is 14.6 Å². The van der Waals surface area contributed by atoms with Gasteiger partial charge in [0.25, 0.3) is 5.91 Å². The van der Waals surface area contributed by atoms with Gasteiger partial charge in [-0.05, 0) is 85.5 Å². The van der Waals surface area contributed by atoms with Gasteiger partial charge in [0.1, 0.15) is 12.4 Å². The van der Waals surface area contributed by atoms with Gasteiger partial charge in [-0.3, -0.25) is 14.9 Å². The Balaban J connectivity index is 1.34. The summed E-state index contributed by atoms with van der Waals surface area (Å²) in [7, 11) is 4.09. The van der Waals surface area contributed by atoms with Crippen LogP contribution in [0.25, 0.3) is 17.0 Å². The van der Waals surface area contributed by atoms with Crippen molar-refractivity contribution in [1.29, 1.82) is 0 Å². The number of fused-ring (bicyclic) bond motifs is 2. The molecule has 4 aromatic rings. The lowest BCUT2D eigenvalue weighted by atomic mass is 10.0. The van der Waals surface area contributed by atoms with Gasteiger partial charge in [-0.2, -0.15) is 0 Å². The van der Waals surface area contributed by atoms with Crippen molar-refractivity contribution in [3.05, 3.63) is 107 Å². The Labute approximate surface area is 236 Å². The van der Waals surface area contributed by atoms with Crippen molar-refractivity contribution in [3.8, 4) is 5.75 Å². The van der Waals surface area contributed by atoms with Crippen LogP contribution in [-0.2, 0) is 24.2 Å². The molecule has 0 saturated carbocycles. The minimum atomic E-state index is -0.532. The lowest BCUT2D eigenvalue weighted by Gasteiger charge is -2.30. The Morgan fingerprint density at radius 1 is 1.10 bits per heavy atom. The van der Waals surface area contributed by atoms with Gasteiger partial charge >= 0.3 is 0 Å². The monoisotopic (exact) mass is 538 g/mol. The number of nitrogens with zero attached hydrogens (tertiary/aromatic N) is 2. The van der Waals surface area contributed by atoms with E-state index in [1.54, 1.807) is 11.6 Å². The molecule has 5 rings (SSSR count). The van der Waals surface area contributed by atoms with Crippen molar-refractivity contribution >= 4 is 22.9 Å². The molecule has 0 fully saturated rings. The van der Waals surface area contributed by atoms with Crippen molar-refractivity contribution in [2.45, 2.75) is 31.8 Å². The fraction of sp³-hybridized carbons (Fsp3) is 0.303. The predicted molar refractivity (Wildman–Crippen MR) is 159 cm³/mol. The summed E-state index contributed by atoms with van der Waals surface area (Å²) in [6.07, 6.45) is 8.23. The molecule has 0 aliphatic heterocycles. The average molecular weight is 539 g/mol. The molecule has 40 heavy (non-hydrogen) atoms. The number of rotatable bonds is 12. The molecule has 0 spiro atoms. The van der Waals surface area contributed by atoms with Crippen molar-refractivity contribution in [1.82, 2.24) is 20.3 Å². The first-order valence-electron chi connectivity index (χ1n) is 13.9. The van der Waals surface area contributed by atoms with Crippen LogP contribution >= 0.6 is 0 Å². The number of carbonyl (C=O) groups excluding carboxylic acids is 1. The minimum absolute atomic E-state index is 0.315. The number of benzene rings is 3. The van der Waals surface area contributed by atoms with E-state index < -0.39 is 5.91 Å². The maximum Gasteiger partial charge on any atom is 0.267 e. The van der Waals surface area contributed by atoms with E-state index in [9.17, 15) is 4.79 Å². The number of H-pyrrole nitrogens is 1. The molecule has 0 saturated heterocycles. The highest BCUT2D eigenvalue weighted by atomic mass is 16.5. The molecule has 7 nitrogen and oxygen atoms in total. The molecule has 1 aliphatic carbocycles. The van der Waals surface area contributed by atoms with Crippen LogP contribution in [0, 0.1) is 0 Å². The predicted octanol–water partition coefficient (Wildman–Crippen LogP) is 5.36. The second kappa shape index (κ2) is 13.0. The summed E-state index contributed by atoms with van der Waals surface area (Å²) < 4.78 is 5.91. The molecule has 0 bridgehead atoms. The SMILES string of the molecule is CN(C)CCOc1ccc(CN(CCc2c[nH]c3ccccc23)C2CCc3cc(C=CC(=O)NO)ccc32)cc1. The zero-order chi connectivity index (χ0) is 27.9. The van der Waals surface area contributed by atoms with Crippen LogP contribution in [0.3, 0.4) is 0 Å². The van der Waals surface area contributed by atoms with Crippen LogP contribution in [0.2, 0.25) is 0 Å². The van der Waals surface area contributed by atoms with E-state index in [0.717, 1.165) is 50.2 Å². The highest BCUT2D eigenvalue weighted by Gasteiger charge is 2.28. The summed E-state index contributed by atoms with van der Waals surface area (Å²) in [5.41, 5.74) is 9.05. The second-order valence-electron chi connectivity index (χ2n) is 10.7. The molecule has 1 heterocycles. The molecule has 1 amide bonds. The van der Waals surface area contributed by atoms with Crippen LogP contribution in [0.1, 0.15) is 40.3 Å². The molecule has 0 radical (unpaired) electrons. The molecule has 1 aromatic heterocycles. The van der Waals surface area contributed by atoms with E-state index >= 15 is 0 Å². The normalized spacial score (nSPS) is 14.9. The summed E-state index contributed by atoms with van der Waals surface area (Å²) in [4.78, 5) is 19.6. The molecule has 7 heteroatoms. The van der Waals surface area contributed by atoms with Crippen LogP contribution in [0.15, 0.2) is 79.0 Å². The fourth-order valence-corrected chi connectivity index (χ4v) is 5.53.